The molecule has 2 N–H and O–H groups in total. The minimum Gasteiger partial charge on any atom is -0.387 e. The maximum absolute atomic E-state index is 14.6. The number of fused-ring (bicyclic) bond motifs is 3. The van der Waals surface area contributed by atoms with E-state index in [2.05, 4.69) is 16.8 Å². The van der Waals surface area contributed by atoms with E-state index in [9.17, 15) is 9.18 Å². The number of aliphatic hydroxyl groups is 1. The number of H-pyrrole nitrogens is 1. The lowest BCUT2D eigenvalue weighted by Gasteiger charge is -2.27. The highest BCUT2D eigenvalue weighted by Gasteiger charge is 2.29. The van der Waals surface area contributed by atoms with Crippen molar-refractivity contribution in [2.45, 2.75) is 26.3 Å². The van der Waals surface area contributed by atoms with E-state index in [-0.39, 0.29) is 10.9 Å². The highest BCUT2D eigenvalue weighted by atomic mass is 35.5. The highest BCUT2D eigenvalue weighted by molar-refractivity contribution is 6.32. The molecule has 1 fully saturated rings. The molecule has 2 aromatic rings. The zero-order chi connectivity index (χ0) is 17.7. The standard InChI is InChI=1S/C18H21ClFN3O2/c1-10-2-4-22(7-10)14-6-12(19)17(20)18-16(14)11-8-23(15(25)9-24)5-3-13(11)21-18/h6,10,21,24H,2-5,7-9H2,1H3. The van der Waals surface area contributed by atoms with Gasteiger partial charge in [0.15, 0.2) is 5.82 Å². The highest BCUT2D eigenvalue weighted by Crippen LogP contribution is 2.40. The van der Waals surface area contributed by atoms with E-state index in [1.54, 1.807) is 11.0 Å². The number of amides is 1. The number of rotatable bonds is 2. The number of nitrogens with zero attached hydrogens (tertiary/aromatic N) is 2. The van der Waals surface area contributed by atoms with Gasteiger partial charge in [-0.05, 0) is 18.4 Å². The Balaban J connectivity index is 1.87. The molecule has 2 aliphatic rings. The summed E-state index contributed by atoms with van der Waals surface area (Å²) in [5.74, 6) is -0.158. The molecule has 1 unspecified atom stereocenters. The number of hydrogen-bond acceptors (Lipinski definition) is 3. The molecule has 0 radical (unpaired) electrons. The Kier molecular flexibility index (Phi) is 4.12. The first kappa shape index (κ1) is 16.7. The Morgan fingerprint density at radius 1 is 1.48 bits per heavy atom. The second-order valence-electron chi connectivity index (χ2n) is 7.09. The molecule has 134 valence electrons. The topological polar surface area (TPSA) is 59.6 Å². The molecule has 25 heavy (non-hydrogen) atoms. The van der Waals surface area contributed by atoms with Crippen LogP contribution in [0.15, 0.2) is 6.07 Å². The predicted molar refractivity (Wildman–Crippen MR) is 95.5 cm³/mol. The van der Waals surface area contributed by atoms with Gasteiger partial charge in [-0.25, -0.2) is 4.39 Å². The summed E-state index contributed by atoms with van der Waals surface area (Å²) in [6.07, 6.45) is 1.71. The fourth-order valence-corrected chi connectivity index (χ4v) is 4.23. The number of carbonyl (C=O) groups excluding carboxylic acids is 1. The van der Waals surface area contributed by atoms with Gasteiger partial charge in [0.1, 0.15) is 6.61 Å². The smallest absolute Gasteiger partial charge is 0.248 e. The summed E-state index contributed by atoms with van der Waals surface area (Å²) in [6, 6.07) is 1.71. The van der Waals surface area contributed by atoms with Crippen molar-refractivity contribution in [3.63, 3.8) is 0 Å². The average molecular weight is 366 g/mol. The zero-order valence-electron chi connectivity index (χ0n) is 14.1. The number of hydrogen-bond donors (Lipinski definition) is 2. The molecule has 1 saturated heterocycles. The van der Waals surface area contributed by atoms with Crippen molar-refractivity contribution in [3.05, 3.63) is 28.2 Å². The van der Waals surface area contributed by atoms with Crippen LogP contribution in [-0.4, -0.2) is 47.1 Å². The van der Waals surface area contributed by atoms with Crippen molar-refractivity contribution in [2.75, 3.05) is 31.1 Å². The molecule has 2 aliphatic heterocycles. The number of aliphatic hydroxyl groups excluding tert-OH is 1. The first-order chi connectivity index (χ1) is 12.0. The van der Waals surface area contributed by atoms with E-state index in [0.29, 0.717) is 30.9 Å². The van der Waals surface area contributed by atoms with Crippen LogP contribution in [0.25, 0.3) is 10.9 Å². The van der Waals surface area contributed by atoms with Gasteiger partial charge in [0.25, 0.3) is 0 Å². The van der Waals surface area contributed by atoms with Gasteiger partial charge in [0.2, 0.25) is 5.91 Å². The monoisotopic (exact) mass is 365 g/mol. The average Bonchev–Trinajstić information content (AvgIpc) is 3.20. The lowest BCUT2D eigenvalue weighted by molar-refractivity contribution is -0.135. The third-order valence-electron chi connectivity index (χ3n) is 5.37. The molecule has 7 heteroatoms. The van der Waals surface area contributed by atoms with Crippen LogP contribution in [-0.2, 0) is 17.8 Å². The van der Waals surface area contributed by atoms with E-state index in [0.717, 1.165) is 41.8 Å². The summed E-state index contributed by atoms with van der Waals surface area (Å²) in [4.78, 5) is 19.0. The van der Waals surface area contributed by atoms with Crippen LogP contribution in [0, 0.1) is 11.7 Å². The van der Waals surface area contributed by atoms with Crippen molar-refractivity contribution in [1.82, 2.24) is 9.88 Å². The van der Waals surface area contributed by atoms with Gasteiger partial charge in [-0.2, -0.15) is 0 Å². The van der Waals surface area contributed by atoms with E-state index >= 15 is 0 Å². The number of carbonyl (C=O) groups is 1. The molecule has 0 spiro atoms. The molecule has 3 heterocycles. The van der Waals surface area contributed by atoms with E-state index < -0.39 is 12.4 Å². The van der Waals surface area contributed by atoms with Crippen molar-refractivity contribution in [2.24, 2.45) is 5.92 Å². The number of anilines is 1. The molecular formula is C18H21ClFN3O2. The number of nitrogens with one attached hydrogen (secondary N) is 1. The molecule has 0 bridgehead atoms. The van der Waals surface area contributed by atoms with Gasteiger partial charge in [0.05, 0.1) is 10.5 Å². The van der Waals surface area contributed by atoms with E-state index in [1.165, 1.54) is 0 Å². The van der Waals surface area contributed by atoms with Crippen LogP contribution in [0.5, 0.6) is 0 Å². The molecule has 1 aromatic carbocycles. The van der Waals surface area contributed by atoms with Gasteiger partial charge < -0.3 is 19.9 Å². The van der Waals surface area contributed by atoms with Gasteiger partial charge in [-0.3, -0.25) is 4.79 Å². The van der Waals surface area contributed by atoms with Crippen molar-refractivity contribution in [1.29, 1.82) is 0 Å². The summed E-state index contributed by atoms with van der Waals surface area (Å²) in [6.45, 7) is 4.43. The SMILES string of the molecule is CC1CCN(c2cc(Cl)c(F)c3[nH]c4c(c23)CN(C(=O)CO)CC4)C1. The van der Waals surface area contributed by atoms with E-state index in [4.69, 9.17) is 16.7 Å². The number of benzene rings is 1. The summed E-state index contributed by atoms with van der Waals surface area (Å²) in [5, 5.41) is 10.1. The lowest BCUT2D eigenvalue weighted by Crippen LogP contribution is -2.37. The number of aromatic amines is 1. The minimum atomic E-state index is -0.506. The Bertz CT molecular complexity index is 851. The molecule has 4 rings (SSSR count). The third-order valence-corrected chi connectivity index (χ3v) is 5.65. The first-order valence-electron chi connectivity index (χ1n) is 8.64. The minimum absolute atomic E-state index is 0.115. The molecule has 1 aromatic heterocycles. The maximum Gasteiger partial charge on any atom is 0.248 e. The van der Waals surface area contributed by atoms with Crippen LogP contribution in [0.1, 0.15) is 24.6 Å². The second-order valence-corrected chi connectivity index (χ2v) is 7.49. The normalized spacial score (nSPS) is 20.4. The molecule has 0 aliphatic carbocycles. The van der Waals surface area contributed by atoms with Gasteiger partial charge in [0, 0.05) is 54.9 Å². The summed E-state index contributed by atoms with van der Waals surface area (Å²) in [5.41, 5.74) is 3.24. The van der Waals surface area contributed by atoms with Crippen LogP contribution >= 0.6 is 11.6 Å². The Morgan fingerprint density at radius 2 is 2.28 bits per heavy atom. The zero-order valence-corrected chi connectivity index (χ0v) is 14.9. The molecule has 1 atom stereocenters. The van der Waals surface area contributed by atoms with Gasteiger partial charge in [-0.1, -0.05) is 18.5 Å². The second kappa shape index (κ2) is 6.18. The first-order valence-corrected chi connectivity index (χ1v) is 9.02. The Hall–Kier alpha value is -1.79. The van der Waals surface area contributed by atoms with Crippen LogP contribution in [0.3, 0.4) is 0 Å². The lowest BCUT2D eigenvalue weighted by atomic mass is 10.0. The third kappa shape index (κ3) is 2.68. The molecule has 5 nitrogen and oxygen atoms in total. The molecular weight excluding hydrogens is 345 g/mol. The fourth-order valence-electron chi connectivity index (χ4n) is 4.03. The van der Waals surface area contributed by atoms with E-state index in [1.807, 2.05) is 0 Å². The largest absolute Gasteiger partial charge is 0.387 e. The van der Waals surface area contributed by atoms with Gasteiger partial charge >= 0.3 is 0 Å². The predicted octanol–water partition coefficient (Wildman–Crippen LogP) is 2.68. The van der Waals surface area contributed by atoms with Crippen LogP contribution in [0.2, 0.25) is 5.02 Å². The summed E-state index contributed by atoms with van der Waals surface area (Å²) in [7, 11) is 0. The summed E-state index contributed by atoms with van der Waals surface area (Å²) < 4.78 is 14.6. The molecule has 0 saturated carbocycles. The summed E-state index contributed by atoms with van der Waals surface area (Å²) >= 11 is 6.15. The van der Waals surface area contributed by atoms with Crippen LogP contribution in [0.4, 0.5) is 10.1 Å². The quantitative estimate of drug-likeness (QED) is 0.860. The molecule has 1 amide bonds. The van der Waals surface area contributed by atoms with Crippen molar-refractivity contribution in [3.8, 4) is 0 Å². The number of halogens is 2. The van der Waals surface area contributed by atoms with Crippen molar-refractivity contribution >= 4 is 34.1 Å². The fraction of sp³-hybridized carbons (Fsp3) is 0.500. The Labute approximate surface area is 150 Å². The van der Waals surface area contributed by atoms with Gasteiger partial charge in [-0.15, -0.1) is 0 Å². The Morgan fingerprint density at radius 3 is 2.96 bits per heavy atom. The van der Waals surface area contributed by atoms with Crippen LogP contribution < -0.4 is 4.90 Å². The maximum atomic E-state index is 14.6. The number of aromatic nitrogens is 1. The van der Waals surface area contributed by atoms with Crippen molar-refractivity contribution < 1.29 is 14.3 Å².